The number of carbonyl (C=O) groups is 1. The van der Waals surface area contributed by atoms with Gasteiger partial charge in [0.15, 0.2) is 0 Å². The summed E-state index contributed by atoms with van der Waals surface area (Å²) in [5, 5.41) is -0.475. The first kappa shape index (κ1) is 13.3. The fourth-order valence-corrected chi connectivity index (χ4v) is 1.85. The molecule has 0 radical (unpaired) electrons. The highest BCUT2D eigenvalue weighted by Crippen LogP contribution is 2.17. The Morgan fingerprint density at radius 3 is 2.05 bits per heavy atom. The van der Waals surface area contributed by atoms with Crippen LogP contribution in [0, 0.1) is 0 Å². The topological polar surface area (TPSA) is 17.1 Å². The van der Waals surface area contributed by atoms with Crippen molar-refractivity contribution in [2.75, 3.05) is 0 Å². The molecule has 0 saturated heterocycles. The van der Waals surface area contributed by atoms with Crippen LogP contribution in [0.4, 0.5) is 0 Å². The minimum atomic E-state index is -0.475. The molecule has 0 aromatic heterocycles. The Morgan fingerprint density at radius 2 is 1.47 bits per heavy atom. The average molecular weight is 269 g/mol. The molecular weight excluding hydrogens is 256 g/mol. The summed E-state index contributed by atoms with van der Waals surface area (Å²) in [5.41, 5.74) is 2.83. The van der Waals surface area contributed by atoms with E-state index < -0.39 is 5.24 Å². The Morgan fingerprint density at radius 1 is 0.895 bits per heavy atom. The van der Waals surface area contributed by atoms with Crippen molar-refractivity contribution in [2.45, 2.75) is 0 Å². The second-order valence-corrected chi connectivity index (χ2v) is 4.39. The van der Waals surface area contributed by atoms with E-state index >= 15 is 0 Å². The molecule has 1 nitrogen and oxygen atoms in total. The molecule has 0 aliphatic heterocycles. The first-order chi connectivity index (χ1) is 9.25. The summed E-state index contributed by atoms with van der Waals surface area (Å²) < 4.78 is 0. The predicted octanol–water partition coefficient (Wildman–Crippen LogP) is 4.55. The van der Waals surface area contributed by atoms with Crippen molar-refractivity contribution in [1.29, 1.82) is 0 Å². The van der Waals surface area contributed by atoms with Gasteiger partial charge in [-0.3, -0.25) is 4.79 Å². The van der Waals surface area contributed by atoms with Crippen LogP contribution in [0.15, 0.2) is 72.8 Å². The maximum atomic E-state index is 11.1. The number of allylic oxidation sites excluding steroid dienone is 3. The van der Waals surface area contributed by atoms with Crippen LogP contribution < -0.4 is 0 Å². The second-order valence-electron chi connectivity index (χ2n) is 4.01. The van der Waals surface area contributed by atoms with Gasteiger partial charge >= 0.3 is 0 Å². The smallest absolute Gasteiger partial charge is 0.245 e. The van der Waals surface area contributed by atoms with E-state index in [-0.39, 0.29) is 0 Å². The van der Waals surface area contributed by atoms with E-state index in [1.54, 1.807) is 0 Å². The van der Waals surface area contributed by atoms with Gasteiger partial charge in [0.1, 0.15) is 0 Å². The van der Waals surface area contributed by atoms with E-state index in [1.807, 2.05) is 72.8 Å². The highest BCUT2D eigenvalue weighted by molar-refractivity contribution is 6.67. The van der Waals surface area contributed by atoms with E-state index in [1.165, 1.54) is 6.08 Å². The molecule has 0 aliphatic rings. The standard InChI is InChI=1S/C17H13ClO/c18-17(19)13-16(15-9-5-2-6-10-15)12-11-14-7-3-1-4-8-14/h1-13H. The summed E-state index contributed by atoms with van der Waals surface area (Å²) >= 11 is 5.45. The predicted molar refractivity (Wildman–Crippen MR) is 80.8 cm³/mol. The van der Waals surface area contributed by atoms with E-state index in [9.17, 15) is 4.79 Å². The average Bonchev–Trinajstić information content (AvgIpc) is 2.45. The lowest BCUT2D eigenvalue weighted by molar-refractivity contribution is -0.107. The van der Waals surface area contributed by atoms with Crippen LogP contribution in [0.1, 0.15) is 11.1 Å². The Hall–Kier alpha value is -2.12. The Kier molecular flexibility index (Phi) is 4.71. The molecular formula is C17H13ClO. The van der Waals surface area contributed by atoms with Crippen LogP contribution >= 0.6 is 11.6 Å². The first-order valence-corrected chi connectivity index (χ1v) is 6.33. The van der Waals surface area contributed by atoms with Gasteiger partial charge in [-0.1, -0.05) is 72.8 Å². The number of benzene rings is 2. The largest absolute Gasteiger partial charge is 0.276 e. The van der Waals surface area contributed by atoms with Crippen LogP contribution in [0.25, 0.3) is 11.6 Å². The molecule has 0 atom stereocenters. The normalized spacial score (nSPS) is 11.7. The fraction of sp³-hybridized carbons (Fsp3) is 0. The van der Waals surface area contributed by atoms with Crippen molar-refractivity contribution in [2.24, 2.45) is 0 Å². The SMILES string of the molecule is O=C(Cl)C=C(C=Cc1ccccc1)c1ccccc1. The van der Waals surface area contributed by atoms with E-state index in [2.05, 4.69) is 0 Å². The minimum Gasteiger partial charge on any atom is -0.276 e. The van der Waals surface area contributed by atoms with E-state index in [0.717, 1.165) is 16.7 Å². The van der Waals surface area contributed by atoms with Crippen molar-refractivity contribution < 1.29 is 4.79 Å². The van der Waals surface area contributed by atoms with Crippen LogP contribution in [0.2, 0.25) is 0 Å². The zero-order chi connectivity index (χ0) is 13.5. The van der Waals surface area contributed by atoms with Crippen LogP contribution in [-0.4, -0.2) is 5.24 Å². The lowest BCUT2D eigenvalue weighted by Crippen LogP contribution is -1.85. The van der Waals surface area contributed by atoms with Gasteiger partial charge in [-0.25, -0.2) is 0 Å². The number of halogens is 1. The molecule has 0 unspecified atom stereocenters. The van der Waals surface area contributed by atoms with Gasteiger partial charge in [-0.2, -0.15) is 0 Å². The Balaban J connectivity index is 2.31. The molecule has 0 fully saturated rings. The minimum absolute atomic E-state index is 0.475. The molecule has 2 aromatic rings. The van der Waals surface area contributed by atoms with Gasteiger partial charge in [0, 0.05) is 6.08 Å². The lowest BCUT2D eigenvalue weighted by atomic mass is 10.0. The molecule has 2 heteroatoms. The van der Waals surface area contributed by atoms with Crippen LogP contribution in [-0.2, 0) is 4.79 Å². The number of hydrogen-bond acceptors (Lipinski definition) is 1. The molecule has 2 aromatic carbocycles. The number of carbonyl (C=O) groups excluding carboxylic acids is 1. The molecule has 0 bridgehead atoms. The fourth-order valence-electron chi connectivity index (χ4n) is 1.73. The van der Waals surface area contributed by atoms with Gasteiger partial charge in [0.25, 0.3) is 0 Å². The Bertz CT molecular complexity index is 598. The molecule has 19 heavy (non-hydrogen) atoms. The van der Waals surface area contributed by atoms with Crippen molar-refractivity contribution in [1.82, 2.24) is 0 Å². The molecule has 0 saturated carbocycles. The van der Waals surface area contributed by atoms with Crippen LogP contribution in [0.5, 0.6) is 0 Å². The third-order valence-corrected chi connectivity index (χ3v) is 2.74. The monoisotopic (exact) mass is 268 g/mol. The quantitative estimate of drug-likeness (QED) is 0.452. The molecule has 2 rings (SSSR count). The second kappa shape index (κ2) is 6.72. The van der Waals surface area contributed by atoms with Crippen LogP contribution in [0.3, 0.4) is 0 Å². The van der Waals surface area contributed by atoms with Gasteiger partial charge in [0.2, 0.25) is 5.24 Å². The summed E-state index contributed by atoms with van der Waals surface area (Å²) in [5.74, 6) is 0. The van der Waals surface area contributed by atoms with Gasteiger partial charge < -0.3 is 0 Å². The van der Waals surface area contributed by atoms with Gasteiger partial charge in [-0.05, 0) is 28.3 Å². The number of rotatable bonds is 4. The molecule has 0 amide bonds. The van der Waals surface area contributed by atoms with E-state index in [4.69, 9.17) is 11.6 Å². The summed E-state index contributed by atoms with van der Waals surface area (Å²) in [6, 6.07) is 19.6. The van der Waals surface area contributed by atoms with Crippen molar-refractivity contribution in [3.63, 3.8) is 0 Å². The molecule has 94 valence electrons. The van der Waals surface area contributed by atoms with Gasteiger partial charge in [0.05, 0.1) is 0 Å². The highest BCUT2D eigenvalue weighted by atomic mass is 35.5. The van der Waals surface area contributed by atoms with Gasteiger partial charge in [-0.15, -0.1) is 0 Å². The highest BCUT2D eigenvalue weighted by Gasteiger charge is 1.99. The summed E-state index contributed by atoms with van der Waals surface area (Å²) in [4.78, 5) is 11.1. The molecule has 0 N–H and O–H groups in total. The molecule has 0 aliphatic carbocycles. The lowest BCUT2D eigenvalue weighted by Gasteiger charge is -2.01. The van der Waals surface area contributed by atoms with E-state index in [0.29, 0.717) is 0 Å². The summed E-state index contributed by atoms with van der Waals surface area (Å²) in [7, 11) is 0. The first-order valence-electron chi connectivity index (χ1n) is 5.95. The third kappa shape index (κ3) is 4.23. The van der Waals surface area contributed by atoms with Crippen molar-refractivity contribution >= 4 is 28.5 Å². The maximum absolute atomic E-state index is 11.1. The zero-order valence-corrected chi connectivity index (χ0v) is 11.0. The van der Waals surface area contributed by atoms with Crippen molar-refractivity contribution in [3.05, 3.63) is 83.9 Å². The maximum Gasteiger partial charge on any atom is 0.245 e. The van der Waals surface area contributed by atoms with Crippen molar-refractivity contribution in [3.8, 4) is 0 Å². The summed E-state index contributed by atoms with van der Waals surface area (Å²) in [6.07, 6.45) is 5.28. The number of hydrogen-bond donors (Lipinski definition) is 0. The third-order valence-electron chi connectivity index (χ3n) is 2.63. The zero-order valence-electron chi connectivity index (χ0n) is 10.3. The molecule has 0 spiro atoms. The summed E-state index contributed by atoms with van der Waals surface area (Å²) in [6.45, 7) is 0. The Labute approximate surface area is 117 Å². The molecule has 0 heterocycles.